The minimum Gasteiger partial charge on any atom is -0.313 e. The second-order valence-electron chi connectivity index (χ2n) is 5.08. The van der Waals surface area contributed by atoms with Gasteiger partial charge in [-0.15, -0.1) is 12.4 Å². The molecule has 1 N–H and O–H groups in total. The van der Waals surface area contributed by atoms with Crippen molar-refractivity contribution >= 4 is 22.4 Å². The van der Waals surface area contributed by atoms with Gasteiger partial charge in [0.2, 0.25) is 10.0 Å². The smallest absolute Gasteiger partial charge is 0.245 e. The predicted octanol–water partition coefficient (Wildman–Crippen LogP) is 1.98. The minimum atomic E-state index is -3.66. The van der Waals surface area contributed by atoms with Crippen molar-refractivity contribution in [3.63, 3.8) is 0 Å². The first-order chi connectivity index (χ1) is 10.6. The summed E-state index contributed by atoms with van der Waals surface area (Å²) in [7, 11) is -3.66. The molecule has 1 aromatic carbocycles. The molecule has 2 aromatic rings. The van der Waals surface area contributed by atoms with Gasteiger partial charge in [0.1, 0.15) is 10.7 Å². The average molecular weight is 358 g/mol. The maximum Gasteiger partial charge on any atom is 0.245 e. The molecule has 0 amide bonds. The molecule has 1 aliphatic rings. The molecule has 0 bridgehead atoms. The van der Waals surface area contributed by atoms with Crippen LogP contribution in [0, 0.1) is 5.82 Å². The van der Waals surface area contributed by atoms with Crippen LogP contribution >= 0.6 is 12.4 Å². The lowest BCUT2D eigenvalue weighted by Crippen LogP contribution is -2.48. The van der Waals surface area contributed by atoms with Gasteiger partial charge < -0.3 is 5.32 Å². The van der Waals surface area contributed by atoms with Gasteiger partial charge in [-0.3, -0.25) is 4.98 Å². The Bertz CT molecular complexity index is 758. The molecule has 8 heteroatoms. The van der Waals surface area contributed by atoms with E-state index in [9.17, 15) is 12.8 Å². The number of hydrogen-bond donors (Lipinski definition) is 1. The SMILES string of the molecule is Cl.O=S(=O)(c1cccnc1)N1CCNCC1c1cccc(F)c1. The lowest BCUT2D eigenvalue weighted by atomic mass is 10.1. The van der Waals surface area contributed by atoms with Crippen molar-refractivity contribution in [1.82, 2.24) is 14.6 Å². The summed E-state index contributed by atoms with van der Waals surface area (Å²) in [5, 5.41) is 3.16. The van der Waals surface area contributed by atoms with E-state index in [1.54, 1.807) is 18.2 Å². The van der Waals surface area contributed by atoms with Gasteiger partial charge in [0.15, 0.2) is 0 Å². The van der Waals surface area contributed by atoms with E-state index in [4.69, 9.17) is 0 Å². The van der Waals surface area contributed by atoms with Gasteiger partial charge >= 0.3 is 0 Å². The highest BCUT2D eigenvalue weighted by molar-refractivity contribution is 7.89. The average Bonchev–Trinajstić information content (AvgIpc) is 2.56. The number of aromatic nitrogens is 1. The first-order valence-electron chi connectivity index (χ1n) is 6.97. The standard InChI is InChI=1S/C15H16FN3O2S.ClH/c16-13-4-1-3-12(9-13)15-11-18-7-8-19(15)22(20,21)14-5-2-6-17-10-14;/h1-6,9-10,15,18H,7-8,11H2;1H. The van der Waals surface area contributed by atoms with E-state index in [1.807, 2.05) is 0 Å². The summed E-state index contributed by atoms with van der Waals surface area (Å²) >= 11 is 0. The van der Waals surface area contributed by atoms with Gasteiger partial charge in [0.05, 0.1) is 6.04 Å². The lowest BCUT2D eigenvalue weighted by molar-refractivity contribution is 0.271. The van der Waals surface area contributed by atoms with Crippen LogP contribution in [0.3, 0.4) is 0 Å². The van der Waals surface area contributed by atoms with Crippen LogP contribution < -0.4 is 5.32 Å². The maximum absolute atomic E-state index is 13.5. The first kappa shape index (κ1) is 17.8. The Balaban J connectivity index is 0.00000192. The molecule has 23 heavy (non-hydrogen) atoms. The van der Waals surface area contributed by atoms with E-state index in [0.29, 0.717) is 25.2 Å². The Kier molecular flexibility index (Phi) is 5.69. The topological polar surface area (TPSA) is 62.3 Å². The van der Waals surface area contributed by atoms with Gasteiger partial charge in [0.25, 0.3) is 0 Å². The van der Waals surface area contributed by atoms with E-state index in [1.165, 1.54) is 34.9 Å². The Labute approximate surface area is 141 Å². The van der Waals surface area contributed by atoms with Gasteiger partial charge in [-0.1, -0.05) is 12.1 Å². The van der Waals surface area contributed by atoms with Crippen LogP contribution in [-0.4, -0.2) is 37.3 Å². The van der Waals surface area contributed by atoms with Crippen molar-refractivity contribution in [3.05, 3.63) is 60.2 Å². The summed E-state index contributed by atoms with van der Waals surface area (Å²) in [6.45, 7) is 1.34. The van der Waals surface area contributed by atoms with Crippen LogP contribution in [-0.2, 0) is 10.0 Å². The molecule has 1 unspecified atom stereocenters. The Hall–Kier alpha value is -1.54. The highest BCUT2D eigenvalue weighted by Crippen LogP contribution is 2.28. The van der Waals surface area contributed by atoms with Gasteiger partial charge in [0, 0.05) is 32.0 Å². The van der Waals surface area contributed by atoms with Crippen molar-refractivity contribution in [3.8, 4) is 0 Å². The summed E-state index contributed by atoms with van der Waals surface area (Å²) < 4.78 is 40.5. The molecular weight excluding hydrogens is 341 g/mol. The molecule has 1 atom stereocenters. The first-order valence-corrected chi connectivity index (χ1v) is 8.41. The zero-order valence-electron chi connectivity index (χ0n) is 12.2. The number of sulfonamides is 1. The number of hydrogen-bond acceptors (Lipinski definition) is 4. The van der Waals surface area contributed by atoms with Crippen molar-refractivity contribution in [2.24, 2.45) is 0 Å². The number of piperazine rings is 1. The molecule has 2 heterocycles. The molecule has 1 saturated heterocycles. The van der Waals surface area contributed by atoms with Gasteiger partial charge in [-0.05, 0) is 29.8 Å². The molecule has 0 saturated carbocycles. The zero-order chi connectivity index (χ0) is 15.6. The number of rotatable bonds is 3. The summed E-state index contributed by atoms with van der Waals surface area (Å²) in [5.74, 6) is -0.373. The van der Waals surface area contributed by atoms with Crippen LogP contribution in [0.15, 0.2) is 53.7 Å². The molecule has 1 aliphatic heterocycles. The fraction of sp³-hybridized carbons (Fsp3) is 0.267. The summed E-state index contributed by atoms with van der Waals surface area (Å²) in [6.07, 6.45) is 2.86. The highest BCUT2D eigenvalue weighted by Gasteiger charge is 2.34. The third-order valence-corrected chi connectivity index (χ3v) is 5.56. The normalized spacial score (nSPS) is 19.1. The molecule has 124 valence electrons. The summed E-state index contributed by atoms with van der Waals surface area (Å²) in [6, 6.07) is 8.73. The molecule has 3 rings (SSSR count). The van der Waals surface area contributed by atoms with Crippen LogP contribution in [0.25, 0.3) is 0 Å². The van der Waals surface area contributed by atoms with Crippen LogP contribution in [0.2, 0.25) is 0 Å². The van der Waals surface area contributed by atoms with Crippen molar-refractivity contribution in [2.45, 2.75) is 10.9 Å². The van der Waals surface area contributed by atoms with Crippen LogP contribution in [0.5, 0.6) is 0 Å². The predicted molar refractivity (Wildman–Crippen MR) is 87.4 cm³/mol. The van der Waals surface area contributed by atoms with E-state index < -0.39 is 16.1 Å². The number of nitrogens with one attached hydrogen (secondary N) is 1. The third kappa shape index (κ3) is 3.69. The van der Waals surface area contributed by atoms with Crippen molar-refractivity contribution < 1.29 is 12.8 Å². The molecule has 1 aromatic heterocycles. The zero-order valence-corrected chi connectivity index (χ0v) is 13.9. The van der Waals surface area contributed by atoms with Crippen molar-refractivity contribution in [2.75, 3.05) is 19.6 Å². The molecule has 0 radical (unpaired) electrons. The van der Waals surface area contributed by atoms with Gasteiger partial charge in [-0.2, -0.15) is 4.31 Å². The number of nitrogens with zero attached hydrogens (tertiary/aromatic N) is 2. The Morgan fingerprint density at radius 3 is 2.78 bits per heavy atom. The van der Waals surface area contributed by atoms with Crippen molar-refractivity contribution in [1.29, 1.82) is 0 Å². The number of halogens is 2. The fourth-order valence-electron chi connectivity index (χ4n) is 2.61. The summed E-state index contributed by atoms with van der Waals surface area (Å²) in [5.41, 5.74) is 0.639. The number of pyridine rings is 1. The largest absolute Gasteiger partial charge is 0.313 e. The monoisotopic (exact) mass is 357 g/mol. The van der Waals surface area contributed by atoms with E-state index in [0.717, 1.165) is 0 Å². The lowest BCUT2D eigenvalue weighted by Gasteiger charge is -2.35. The highest BCUT2D eigenvalue weighted by atomic mass is 35.5. The minimum absolute atomic E-state index is 0. The molecule has 5 nitrogen and oxygen atoms in total. The van der Waals surface area contributed by atoms with Gasteiger partial charge in [-0.25, -0.2) is 12.8 Å². The maximum atomic E-state index is 13.5. The molecule has 1 fully saturated rings. The second-order valence-corrected chi connectivity index (χ2v) is 6.97. The quantitative estimate of drug-likeness (QED) is 0.912. The Morgan fingerprint density at radius 2 is 2.09 bits per heavy atom. The Morgan fingerprint density at radius 1 is 1.26 bits per heavy atom. The molecule has 0 spiro atoms. The molecular formula is C15H17ClFN3O2S. The molecule has 0 aliphatic carbocycles. The van der Waals surface area contributed by atoms with E-state index in [2.05, 4.69) is 10.3 Å². The summed E-state index contributed by atoms with van der Waals surface area (Å²) in [4.78, 5) is 4.03. The van der Waals surface area contributed by atoms with Crippen LogP contribution in [0.4, 0.5) is 4.39 Å². The number of benzene rings is 1. The van der Waals surface area contributed by atoms with E-state index in [-0.39, 0.29) is 23.1 Å². The fourth-order valence-corrected chi connectivity index (χ4v) is 4.18. The second kappa shape index (κ2) is 7.35. The van der Waals surface area contributed by atoms with Crippen LogP contribution in [0.1, 0.15) is 11.6 Å². The third-order valence-electron chi connectivity index (χ3n) is 3.67. The van der Waals surface area contributed by atoms with E-state index >= 15 is 0 Å².